The number of nitrogens with two attached hydrogens (primary N) is 1. The van der Waals surface area contributed by atoms with Gasteiger partial charge in [0.25, 0.3) is 0 Å². The first-order chi connectivity index (χ1) is 7.09. The van der Waals surface area contributed by atoms with Gasteiger partial charge in [0, 0.05) is 17.2 Å². The summed E-state index contributed by atoms with van der Waals surface area (Å²) in [6.45, 7) is 2.83. The highest BCUT2D eigenvalue weighted by Crippen LogP contribution is 2.28. The number of anilines is 1. The van der Waals surface area contributed by atoms with Gasteiger partial charge in [-0.05, 0) is 40.9 Å². The van der Waals surface area contributed by atoms with E-state index in [4.69, 9.17) is 5.73 Å². The van der Waals surface area contributed by atoms with Crippen molar-refractivity contribution in [1.82, 2.24) is 4.98 Å². The molecular formula is C10H12BrN3O. The molecule has 1 aromatic rings. The second-order valence-corrected chi connectivity index (χ2v) is 4.61. The van der Waals surface area contributed by atoms with Crippen molar-refractivity contribution in [3.05, 3.63) is 22.3 Å². The van der Waals surface area contributed by atoms with Crippen LogP contribution in [0.3, 0.4) is 0 Å². The summed E-state index contributed by atoms with van der Waals surface area (Å²) >= 11 is 3.36. The molecule has 1 fully saturated rings. The Morgan fingerprint density at radius 3 is 2.93 bits per heavy atom. The van der Waals surface area contributed by atoms with Crippen LogP contribution >= 0.6 is 15.9 Å². The molecule has 2 rings (SSSR count). The van der Waals surface area contributed by atoms with Crippen molar-refractivity contribution in [2.45, 2.75) is 19.4 Å². The molecule has 2 N–H and O–H groups in total. The van der Waals surface area contributed by atoms with E-state index in [-0.39, 0.29) is 11.9 Å². The van der Waals surface area contributed by atoms with E-state index in [2.05, 4.69) is 20.9 Å². The first-order valence-corrected chi connectivity index (χ1v) is 5.57. The van der Waals surface area contributed by atoms with Gasteiger partial charge >= 0.3 is 0 Å². The van der Waals surface area contributed by atoms with Crippen LogP contribution in [0.1, 0.15) is 12.0 Å². The molecule has 1 aromatic heterocycles. The fourth-order valence-electron chi connectivity index (χ4n) is 1.77. The normalized spacial score (nSPS) is 19.9. The Labute approximate surface area is 96.6 Å². The van der Waals surface area contributed by atoms with Crippen LogP contribution in [0, 0.1) is 6.92 Å². The minimum absolute atomic E-state index is 0.183. The summed E-state index contributed by atoms with van der Waals surface area (Å²) in [7, 11) is 0. The van der Waals surface area contributed by atoms with Crippen molar-refractivity contribution in [3.63, 3.8) is 0 Å². The zero-order valence-electron chi connectivity index (χ0n) is 8.40. The average Bonchev–Trinajstić information content (AvgIpc) is 2.06. The van der Waals surface area contributed by atoms with Crippen LogP contribution in [0.2, 0.25) is 0 Å². The van der Waals surface area contributed by atoms with Crippen LogP contribution in [0.15, 0.2) is 16.7 Å². The SMILES string of the molecule is Cc1cc(Br)cnc1N1CCC1C(N)=O. The summed E-state index contributed by atoms with van der Waals surface area (Å²) < 4.78 is 0.944. The Hall–Kier alpha value is -1.10. The van der Waals surface area contributed by atoms with E-state index >= 15 is 0 Å². The number of hydrogen-bond acceptors (Lipinski definition) is 3. The molecule has 4 nitrogen and oxygen atoms in total. The number of pyridine rings is 1. The van der Waals surface area contributed by atoms with Crippen molar-refractivity contribution < 1.29 is 4.79 Å². The average molecular weight is 270 g/mol. The van der Waals surface area contributed by atoms with Crippen LogP contribution in [-0.4, -0.2) is 23.5 Å². The quantitative estimate of drug-likeness (QED) is 0.878. The maximum atomic E-state index is 11.1. The van der Waals surface area contributed by atoms with Crippen molar-refractivity contribution >= 4 is 27.7 Å². The maximum Gasteiger partial charge on any atom is 0.240 e. The Morgan fingerprint density at radius 1 is 1.73 bits per heavy atom. The van der Waals surface area contributed by atoms with Crippen molar-refractivity contribution in [3.8, 4) is 0 Å². The lowest BCUT2D eigenvalue weighted by atomic mass is 10.0. The number of carbonyl (C=O) groups excluding carboxylic acids is 1. The third-order valence-electron chi connectivity index (χ3n) is 2.64. The van der Waals surface area contributed by atoms with E-state index in [9.17, 15) is 4.79 Å². The zero-order chi connectivity index (χ0) is 11.0. The van der Waals surface area contributed by atoms with Crippen molar-refractivity contribution in [2.24, 2.45) is 5.73 Å². The third-order valence-corrected chi connectivity index (χ3v) is 3.07. The maximum absolute atomic E-state index is 11.1. The largest absolute Gasteiger partial charge is 0.368 e. The Morgan fingerprint density at radius 2 is 2.47 bits per heavy atom. The summed E-state index contributed by atoms with van der Waals surface area (Å²) in [6, 6.07) is 1.80. The van der Waals surface area contributed by atoms with E-state index < -0.39 is 0 Å². The number of primary amides is 1. The van der Waals surface area contributed by atoms with Gasteiger partial charge in [-0.2, -0.15) is 0 Å². The molecule has 15 heavy (non-hydrogen) atoms. The molecule has 0 radical (unpaired) electrons. The van der Waals surface area contributed by atoms with E-state index in [1.54, 1.807) is 6.20 Å². The lowest BCUT2D eigenvalue weighted by molar-refractivity contribution is -0.120. The monoisotopic (exact) mass is 269 g/mol. The van der Waals surface area contributed by atoms with Crippen LogP contribution < -0.4 is 10.6 Å². The summed E-state index contributed by atoms with van der Waals surface area (Å²) in [6.07, 6.45) is 2.56. The lowest BCUT2D eigenvalue weighted by Gasteiger charge is -2.40. The lowest BCUT2D eigenvalue weighted by Crippen LogP contribution is -2.55. The molecule has 0 aromatic carbocycles. The predicted octanol–water partition coefficient (Wildman–Crippen LogP) is 1.22. The number of amides is 1. The standard InChI is InChI=1S/C10H12BrN3O/c1-6-4-7(11)5-13-10(6)14-3-2-8(14)9(12)15/h4-5,8H,2-3H2,1H3,(H2,12,15). The molecule has 1 aliphatic rings. The molecule has 1 atom stereocenters. The second-order valence-electron chi connectivity index (χ2n) is 3.69. The summed E-state index contributed by atoms with van der Waals surface area (Å²) in [5.41, 5.74) is 6.34. The van der Waals surface area contributed by atoms with Gasteiger partial charge in [-0.15, -0.1) is 0 Å². The Kier molecular flexibility index (Phi) is 2.65. The highest BCUT2D eigenvalue weighted by atomic mass is 79.9. The van der Waals surface area contributed by atoms with E-state index in [1.165, 1.54) is 0 Å². The Bertz CT molecular complexity index is 408. The first-order valence-electron chi connectivity index (χ1n) is 4.77. The number of nitrogens with zero attached hydrogens (tertiary/aromatic N) is 2. The zero-order valence-corrected chi connectivity index (χ0v) is 9.99. The topological polar surface area (TPSA) is 59.2 Å². The number of aryl methyl sites for hydroxylation is 1. The first kappa shape index (κ1) is 10.4. The molecule has 80 valence electrons. The smallest absolute Gasteiger partial charge is 0.240 e. The van der Waals surface area contributed by atoms with Crippen LogP contribution in [-0.2, 0) is 4.79 Å². The molecule has 0 aliphatic carbocycles. The van der Waals surface area contributed by atoms with Crippen LogP contribution in [0.25, 0.3) is 0 Å². The number of carbonyl (C=O) groups is 1. The molecule has 5 heteroatoms. The van der Waals surface area contributed by atoms with E-state index in [0.717, 1.165) is 28.8 Å². The summed E-state index contributed by atoms with van der Waals surface area (Å²) in [5, 5.41) is 0. The second kappa shape index (κ2) is 3.81. The molecule has 1 unspecified atom stereocenters. The van der Waals surface area contributed by atoms with Gasteiger partial charge < -0.3 is 10.6 Å². The van der Waals surface area contributed by atoms with Crippen LogP contribution in [0.5, 0.6) is 0 Å². The molecule has 1 amide bonds. The highest BCUT2D eigenvalue weighted by molar-refractivity contribution is 9.10. The third kappa shape index (κ3) is 1.84. The minimum atomic E-state index is -0.273. The Balaban J connectivity index is 2.27. The minimum Gasteiger partial charge on any atom is -0.368 e. The fraction of sp³-hybridized carbons (Fsp3) is 0.400. The van der Waals surface area contributed by atoms with Gasteiger partial charge in [0.15, 0.2) is 0 Å². The van der Waals surface area contributed by atoms with E-state index in [1.807, 2.05) is 17.9 Å². The molecule has 1 saturated heterocycles. The number of rotatable bonds is 2. The van der Waals surface area contributed by atoms with Gasteiger partial charge in [0.05, 0.1) is 0 Å². The number of aromatic nitrogens is 1. The molecule has 0 bridgehead atoms. The highest BCUT2D eigenvalue weighted by Gasteiger charge is 2.34. The van der Waals surface area contributed by atoms with Crippen molar-refractivity contribution in [2.75, 3.05) is 11.4 Å². The van der Waals surface area contributed by atoms with Gasteiger partial charge in [0.1, 0.15) is 11.9 Å². The van der Waals surface area contributed by atoms with E-state index in [0.29, 0.717) is 0 Å². The predicted molar refractivity (Wildman–Crippen MR) is 61.6 cm³/mol. The number of halogens is 1. The fourth-order valence-corrected chi connectivity index (χ4v) is 2.22. The summed E-state index contributed by atoms with van der Waals surface area (Å²) in [4.78, 5) is 17.3. The van der Waals surface area contributed by atoms with Gasteiger partial charge in [-0.25, -0.2) is 4.98 Å². The van der Waals surface area contributed by atoms with Crippen LogP contribution in [0.4, 0.5) is 5.82 Å². The molecule has 2 heterocycles. The number of hydrogen-bond donors (Lipinski definition) is 1. The van der Waals surface area contributed by atoms with Gasteiger partial charge in [-0.3, -0.25) is 4.79 Å². The van der Waals surface area contributed by atoms with Gasteiger partial charge in [-0.1, -0.05) is 0 Å². The summed E-state index contributed by atoms with van der Waals surface area (Å²) in [5.74, 6) is 0.582. The molecular weight excluding hydrogens is 258 g/mol. The molecule has 1 aliphatic heterocycles. The van der Waals surface area contributed by atoms with Crippen molar-refractivity contribution in [1.29, 1.82) is 0 Å². The molecule has 0 spiro atoms. The molecule has 0 saturated carbocycles. The van der Waals surface area contributed by atoms with Gasteiger partial charge in [0.2, 0.25) is 5.91 Å².